The van der Waals surface area contributed by atoms with Crippen molar-refractivity contribution in [2.75, 3.05) is 44.3 Å². The Morgan fingerprint density at radius 1 is 1.05 bits per heavy atom. The summed E-state index contributed by atoms with van der Waals surface area (Å²) in [6.07, 6.45) is 3.09. The number of nitrogens with one attached hydrogen (secondary N) is 5. The molecule has 0 aliphatic rings. The number of rotatable bonds is 16. The number of amides is 2. The van der Waals surface area contributed by atoms with Gasteiger partial charge in [-0.1, -0.05) is 13.8 Å². The summed E-state index contributed by atoms with van der Waals surface area (Å²) in [6.45, 7) is 11.1. The number of nitrogens with two attached hydrogens (primary N) is 1. The van der Waals surface area contributed by atoms with Crippen molar-refractivity contribution in [2.45, 2.75) is 59.1 Å². The molecule has 0 fully saturated rings. The van der Waals surface area contributed by atoms with Crippen molar-refractivity contribution in [3.63, 3.8) is 0 Å². The highest BCUT2D eigenvalue weighted by Crippen LogP contribution is 2.21. The number of carbonyl (C=O) groups excluding carboxylic acids is 2. The van der Waals surface area contributed by atoms with Crippen molar-refractivity contribution in [3.05, 3.63) is 52.1 Å². The Morgan fingerprint density at radius 3 is 2.50 bits per heavy atom. The normalized spacial score (nSPS) is 11.8. The molecule has 228 valence electrons. The van der Waals surface area contributed by atoms with E-state index in [0.29, 0.717) is 56.8 Å². The molecule has 0 saturated carbocycles. The molecule has 0 radical (unpaired) electrons. The fourth-order valence-electron chi connectivity index (χ4n) is 4.12. The van der Waals surface area contributed by atoms with Crippen LogP contribution in [0.4, 0.5) is 11.6 Å². The minimum atomic E-state index is -0.451. The van der Waals surface area contributed by atoms with E-state index in [9.17, 15) is 14.4 Å². The van der Waals surface area contributed by atoms with E-state index in [-0.39, 0.29) is 39.9 Å². The highest BCUT2D eigenvalue weighted by molar-refractivity contribution is 5.94. The molecule has 0 atom stereocenters. The van der Waals surface area contributed by atoms with Gasteiger partial charge >= 0.3 is 0 Å². The van der Waals surface area contributed by atoms with Crippen molar-refractivity contribution in [1.29, 1.82) is 0 Å². The zero-order valence-corrected chi connectivity index (χ0v) is 25.1. The lowest BCUT2D eigenvalue weighted by atomic mass is 9.94. The van der Waals surface area contributed by atoms with E-state index >= 15 is 0 Å². The summed E-state index contributed by atoms with van der Waals surface area (Å²) in [5.41, 5.74) is 6.89. The highest BCUT2D eigenvalue weighted by Gasteiger charge is 2.24. The standard InChI is InChI=1S/C29H43N9O4/c1-28(2,17-31-5)18-42-29(3,4)12-14-32-22(39)7-6-13-33-25(40)19-8-10-20(11-9-19)34-15-21-16-35-24-23(36-21)26(41)38-27(30)37-24/h8-11,16,31,34H,6-7,12-15,17-18H2,1-5H3,(H,32,39)(H,33,40)(H3,30,35,37,38,41). The second-order valence-electron chi connectivity index (χ2n) is 11.6. The maximum absolute atomic E-state index is 12.5. The molecule has 42 heavy (non-hydrogen) atoms. The van der Waals surface area contributed by atoms with Gasteiger partial charge in [0, 0.05) is 42.7 Å². The number of anilines is 2. The van der Waals surface area contributed by atoms with Crippen LogP contribution in [0, 0.1) is 5.41 Å². The van der Waals surface area contributed by atoms with Gasteiger partial charge in [0.1, 0.15) is 0 Å². The van der Waals surface area contributed by atoms with Gasteiger partial charge in [-0.25, -0.2) is 9.97 Å². The Bertz CT molecular complexity index is 1400. The fraction of sp³-hybridized carbons (Fsp3) is 0.517. The third kappa shape index (κ3) is 10.4. The molecule has 2 aromatic heterocycles. The van der Waals surface area contributed by atoms with Gasteiger partial charge in [-0.05, 0) is 58.0 Å². The van der Waals surface area contributed by atoms with Crippen LogP contribution in [0.1, 0.15) is 63.0 Å². The predicted molar refractivity (Wildman–Crippen MR) is 163 cm³/mol. The smallest absolute Gasteiger partial charge is 0.280 e. The molecule has 0 spiro atoms. The molecule has 1 aromatic carbocycles. The number of hydrogen-bond acceptors (Lipinski definition) is 10. The molecule has 2 amide bonds. The number of aromatic amines is 1. The van der Waals surface area contributed by atoms with E-state index < -0.39 is 5.56 Å². The van der Waals surface area contributed by atoms with E-state index in [0.717, 1.165) is 12.2 Å². The van der Waals surface area contributed by atoms with Crippen molar-refractivity contribution in [3.8, 4) is 0 Å². The van der Waals surface area contributed by atoms with E-state index in [1.54, 1.807) is 24.3 Å². The van der Waals surface area contributed by atoms with Crippen molar-refractivity contribution < 1.29 is 14.3 Å². The number of nitrogen functional groups attached to an aromatic ring is 1. The molecule has 13 nitrogen and oxygen atoms in total. The predicted octanol–water partition coefficient (Wildman–Crippen LogP) is 1.96. The van der Waals surface area contributed by atoms with E-state index in [1.807, 2.05) is 20.9 Å². The van der Waals surface area contributed by atoms with Gasteiger partial charge in [0.25, 0.3) is 11.5 Å². The van der Waals surface area contributed by atoms with Crippen molar-refractivity contribution >= 4 is 34.6 Å². The average Bonchev–Trinajstić information content (AvgIpc) is 2.93. The Kier molecular flexibility index (Phi) is 11.3. The summed E-state index contributed by atoms with van der Waals surface area (Å²) in [7, 11) is 1.93. The fourth-order valence-corrected chi connectivity index (χ4v) is 4.12. The monoisotopic (exact) mass is 581 g/mol. The maximum Gasteiger partial charge on any atom is 0.280 e. The minimum Gasteiger partial charge on any atom is -0.379 e. The molecule has 0 aliphatic heterocycles. The summed E-state index contributed by atoms with van der Waals surface area (Å²) >= 11 is 0. The van der Waals surface area contributed by atoms with Crippen LogP contribution in [0.3, 0.4) is 0 Å². The first-order valence-corrected chi connectivity index (χ1v) is 14.1. The molecule has 0 saturated heterocycles. The molecular formula is C29H43N9O4. The summed E-state index contributed by atoms with van der Waals surface area (Å²) in [6, 6.07) is 6.96. The van der Waals surface area contributed by atoms with Crippen LogP contribution < -0.4 is 32.6 Å². The molecule has 0 unspecified atom stereocenters. The molecule has 7 N–H and O–H groups in total. The first-order valence-electron chi connectivity index (χ1n) is 14.1. The number of hydrogen-bond donors (Lipinski definition) is 6. The van der Waals surface area contributed by atoms with Crippen LogP contribution in [-0.2, 0) is 16.1 Å². The molecule has 2 heterocycles. The zero-order valence-electron chi connectivity index (χ0n) is 25.1. The van der Waals surface area contributed by atoms with Gasteiger partial charge < -0.3 is 31.7 Å². The third-order valence-corrected chi connectivity index (χ3v) is 6.53. The number of benzene rings is 1. The van der Waals surface area contributed by atoms with Gasteiger partial charge in [0.05, 0.1) is 30.6 Å². The molecule has 3 rings (SSSR count). The largest absolute Gasteiger partial charge is 0.379 e. The topological polar surface area (TPSA) is 189 Å². The third-order valence-electron chi connectivity index (χ3n) is 6.53. The Balaban J connectivity index is 1.33. The summed E-state index contributed by atoms with van der Waals surface area (Å²) in [4.78, 5) is 51.6. The summed E-state index contributed by atoms with van der Waals surface area (Å²) in [5, 5.41) is 12.2. The summed E-state index contributed by atoms with van der Waals surface area (Å²) in [5.74, 6) is -0.278. The molecule has 13 heteroatoms. The van der Waals surface area contributed by atoms with Crippen LogP contribution in [0.2, 0.25) is 0 Å². The van der Waals surface area contributed by atoms with Crippen LogP contribution in [0.5, 0.6) is 0 Å². The number of aromatic nitrogens is 4. The molecular weight excluding hydrogens is 538 g/mol. The lowest BCUT2D eigenvalue weighted by Gasteiger charge is -2.32. The van der Waals surface area contributed by atoms with Crippen LogP contribution >= 0.6 is 0 Å². The van der Waals surface area contributed by atoms with Crippen LogP contribution in [0.15, 0.2) is 35.3 Å². The van der Waals surface area contributed by atoms with Gasteiger partial charge in [0.2, 0.25) is 11.9 Å². The second-order valence-corrected chi connectivity index (χ2v) is 11.6. The highest BCUT2D eigenvalue weighted by atomic mass is 16.5. The van der Waals surface area contributed by atoms with Gasteiger partial charge in [0.15, 0.2) is 11.2 Å². The minimum absolute atomic E-state index is 0.0145. The maximum atomic E-state index is 12.5. The number of nitrogens with zero attached hydrogens (tertiary/aromatic N) is 3. The summed E-state index contributed by atoms with van der Waals surface area (Å²) < 4.78 is 6.09. The van der Waals surface area contributed by atoms with Crippen LogP contribution in [0.25, 0.3) is 11.2 Å². The lowest BCUT2D eigenvalue weighted by molar-refractivity contribution is -0.121. The van der Waals surface area contributed by atoms with Crippen molar-refractivity contribution in [2.24, 2.45) is 5.41 Å². The average molecular weight is 582 g/mol. The molecule has 0 bridgehead atoms. The number of H-pyrrole nitrogens is 1. The lowest BCUT2D eigenvalue weighted by Crippen LogP contribution is -2.38. The first kappa shape index (κ1) is 32.4. The van der Waals surface area contributed by atoms with E-state index in [2.05, 4.69) is 55.1 Å². The zero-order chi connectivity index (χ0) is 30.8. The van der Waals surface area contributed by atoms with Gasteiger partial charge in [-0.2, -0.15) is 4.98 Å². The Hall–Kier alpha value is -4.10. The van der Waals surface area contributed by atoms with E-state index in [4.69, 9.17) is 10.5 Å². The molecule has 0 aliphatic carbocycles. The van der Waals surface area contributed by atoms with Gasteiger partial charge in [-0.15, -0.1) is 0 Å². The molecule has 3 aromatic rings. The van der Waals surface area contributed by atoms with Crippen LogP contribution in [-0.4, -0.2) is 70.6 Å². The van der Waals surface area contributed by atoms with Gasteiger partial charge in [-0.3, -0.25) is 19.4 Å². The quantitative estimate of drug-likeness (QED) is 0.136. The Labute approximate surface area is 245 Å². The van der Waals surface area contributed by atoms with E-state index in [1.165, 1.54) is 6.20 Å². The number of fused-ring (bicyclic) bond motifs is 1. The second kappa shape index (κ2) is 14.7. The number of ether oxygens (including phenoxy) is 1. The first-order chi connectivity index (χ1) is 19.9. The number of carbonyl (C=O) groups is 2. The Morgan fingerprint density at radius 2 is 1.79 bits per heavy atom. The van der Waals surface area contributed by atoms with Crippen molar-refractivity contribution in [1.82, 2.24) is 35.9 Å². The SMILES string of the molecule is CNCC(C)(C)COC(C)(C)CCNC(=O)CCCNC(=O)c1ccc(NCc2cnc3nc(N)[nH]c(=O)c3n2)cc1.